The van der Waals surface area contributed by atoms with Crippen molar-refractivity contribution in [3.8, 4) is 16.9 Å². The van der Waals surface area contributed by atoms with Crippen molar-refractivity contribution in [2.45, 2.75) is 5.54 Å². The summed E-state index contributed by atoms with van der Waals surface area (Å²) in [5.41, 5.74) is 6.38. The van der Waals surface area contributed by atoms with Crippen LogP contribution in [0.1, 0.15) is 22.3 Å². The minimum Gasteiger partial charge on any atom is -0.494 e. The topological polar surface area (TPSA) is 73.4 Å². The van der Waals surface area contributed by atoms with Crippen LogP contribution in [-0.2, 0) is 5.54 Å². The molecule has 5 rings (SSSR count). The number of methoxy groups -OCH3 is 1. The zero-order valence-electron chi connectivity index (χ0n) is 17.4. The molecular weight excluding hydrogens is 429 g/mol. The van der Waals surface area contributed by atoms with Gasteiger partial charge in [0.2, 0.25) is 0 Å². The van der Waals surface area contributed by atoms with E-state index in [1.807, 2.05) is 0 Å². The molecule has 5 nitrogen and oxygen atoms in total. The summed E-state index contributed by atoms with van der Waals surface area (Å²) >= 11 is 0. The van der Waals surface area contributed by atoms with Gasteiger partial charge in [-0.3, -0.25) is 0 Å². The van der Waals surface area contributed by atoms with Crippen LogP contribution < -0.4 is 10.5 Å². The molecule has 1 aromatic heterocycles. The first-order chi connectivity index (χ1) is 16.0. The number of halogens is 3. The molecule has 0 amide bonds. The monoisotopic (exact) mass is 446 g/mol. The highest BCUT2D eigenvalue weighted by molar-refractivity contribution is 6.03. The van der Waals surface area contributed by atoms with E-state index in [4.69, 9.17) is 10.5 Å². The van der Waals surface area contributed by atoms with Crippen molar-refractivity contribution < 1.29 is 17.9 Å². The summed E-state index contributed by atoms with van der Waals surface area (Å²) in [5, 5.41) is 0. The molecule has 1 atom stereocenters. The maximum absolute atomic E-state index is 15.0. The van der Waals surface area contributed by atoms with Gasteiger partial charge >= 0.3 is 0 Å². The Labute approximate surface area is 187 Å². The van der Waals surface area contributed by atoms with Gasteiger partial charge in [0.05, 0.1) is 12.7 Å². The van der Waals surface area contributed by atoms with E-state index >= 15 is 4.39 Å². The summed E-state index contributed by atoms with van der Waals surface area (Å²) in [6, 6.07) is 13.2. The van der Waals surface area contributed by atoms with Gasteiger partial charge in [-0.25, -0.2) is 28.1 Å². The Morgan fingerprint density at radius 3 is 2.36 bits per heavy atom. The van der Waals surface area contributed by atoms with E-state index in [0.717, 1.165) is 0 Å². The number of fused-ring (bicyclic) bond motifs is 1. The van der Waals surface area contributed by atoms with E-state index in [1.165, 1.54) is 49.8 Å². The molecule has 1 aliphatic rings. The van der Waals surface area contributed by atoms with Crippen LogP contribution in [-0.4, -0.2) is 22.9 Å². The number of hydrogen-bond donors (Lipinski definition) is 1. The lowest BCUT2D eigenvalue weighted by atomic mass is 9.77. The largest absolute Gasteiger partial charge is 0.494 e. The first-order valence-electron chi connectivity index (χ1n) is 10.0. The molecule has 0 saturated carbocycles. The van der Waals surface area contributed by atoms with Crippen LogP contribution >= 0.6 is 0 Å². The highest BCUT2D eigenvalue weighted by Crippen LogP contribution is 2.47. The van der Waals surface area contributed by atoms with Crippen LogP contribution in [0.2, 0.25) is 0 Å². The molecule has 0 aliphatic carbocycles. The van der Waals surface area contributed by atoms with Crippen LogP contribution in [0.15, 0.2) is 78.3 Å². The van der Waals surface area contributed by atoms with Gasteiger partial charge in [-0.15, -0.1) is 0 Å². The van der Waals surface area contributed by atoms with E-state index < -0.39 is 23.0 Å². The van der Waals surface area contributed by atoms with Crippen molar-refractivity contribution in [1.82, 2.24) is 9.97 Å². The Kier molecular flexibility index (Phi) is 4.85. The molecule has 1 aliphatic heterocycles. The number of amidine groups is 1. The molecule has 2 heterocycles. The van der Waals surface area contributed by atoms with Gasteiger partial charge in [-0.2, -0.15) is 0 Å². The Hall–Kier alpha value is -4.20. The van der Waals surface area contributed by atoms with Crippen LogP contribution in [0.3, 0.4) is 0 Å². The highest BCUT2D eigenvalue weighted by atomic mass is 19.1. The molecular formula is C25H17F3N4O. The fourth-order valence-corrected chi connectivity index (χ4v) is 4.31. The number of hydrogen-bond acceptors (Lipinski definition) is 5. The van der Waals surface area contributed by atoms with Gasteiger partial charge in [0.15, 0.2) is 11.6 Å². The molecule has 3 aromatic carbocycles. The smallest absolute Gasteiger partial charge is 0.172 e. The van der Waals surface area contributed by atoms with Crippen molar-refractivity contribution in [2.75, 3.05) is 7.11 Å². The Morgan fingerprint density at radius 2 is 1.61 bits per heavy atom. The minimum atomic E-state index is -1.35. The SMILES string of the molecule is COc1cccc(-c2cc(C3(c4cncnc4)N=C(N)c4c(F)cccc43)ccc2F)c1F. The van der Waals surface area contributed by atoms with Crippen LogP contribution in [0.5, 0.6) is 5.75 Å². The number of aromatic nitrogens is 2. The lowest BCUT2D eigenvalue weighted by Crippen LogP contribution is -2.26. The van der Waals surface area contributed by atoms with Crippen molar-refractivity contribution in [2.24, 2.45) is 10.7 Å². The summed E-state index contributed by atoms with van der Waals surface area (Å²) in [7, 11) is 1.33. The predicted molar refractivity (Wildman–Crippen MR) is 117 cm³/mol. The summed E-state index contributed by atoms with van der Waals surface area (Å²) < 4.78 is 49.8. The first kappa shape index (κ1) is 20.7. The Balaban J connectivity index is 1.82. The molecule has 1 unspecified atom stereocenters. The average molecular weight is 446 g/mol. The average Bonchev–Trinajstić information content (AvgIpc) is 3.15. The quantitative estimate of drug-likeness (QED) is 0.498. The fraction of sp³-hybridized carbons (Fsp3) is 0.0800. The lowest BCUT2D eigenvalue weighted by Gasteiger charge is -2.29. The lowest BCUT2D eigenvalue weighted by molar-refractivity contribution is 0.387. The maximum Gasteiger partial charge on any atom is 0.172 e. The van der Waals surface area contributed by atoms with Crippen LogP contribution in [0, 0.1) is 17.5 Å². The fourth-order valence-electron chi connectivity index (χ4n) is 4.31. The molecule has 0 spiro atoms. The normalized spacial score (nSPS) is 16.9. The minimum absolute atomic E-state index is 0.00116. The zero-order chi connectivity index (χ0) is 23.2. The van der Waals surface area contributed by atoms with Crippen LogP contribution in [0.25, 0.3) is 11.1 Å². The molecule has 164 valence electrons. The molecule has 0 radical (unpaired) electrons. The molecule has 0 bridgehead atoms. The summed E-state index contributed by atoms with van der Waals surface area (Å²) in [6.45, 7) is 0. The summed E-state index contributed by atoms with van der Waals surface area (Å²) in [6.07, 6.45) is 4.44. The molecule has 2 N–H and O–H groups in total. The van der Waals surface area contributed by atoms with Crippen molar-refractivity contribution in [3.63, 3.8) is 0 Å². The number of aliphatic imine (C=N–C) groups is 1. The molecule has 4 aromatic rings. The van der Waals surface area contributed by atoms with Crippen molar-refractivity contribution in [1.29, 1.82) is 0 Å². The van der Waals surface area contributed by atoms with E-state index in [2.05, 4.69) is 15.0 Å². The third kappa shape index (κ3) is 3.06. The third-order valence-electron chi connectivity index (χ3n) is 5.78. The van der Waals surface area contributed by atoms with Gasteiger partial charge < -0.3 is 10.5 Å². The zero-order valence-corrected chi connectivity index (χ0v) is 17.4. The van der Waals surface area contributed by atoms with Gasteiger partial charge in [0, 0.05) is 34.6 Å². The number of ether oxygens (including phenoxy) is 1. The molecule has 0 saturated heterocycles. The van der Waals surface area contributed by atoms with E-state index in [1.54, 1.807) is 30.6 Å². The van der Waals surface area contributed by atoms with E-state index in [9.17, 15) is 8.78 Å². The first-order valence-corrected chi connectivity index (χ1v) is 10.0. The maximum atomic E-state index is 15.0. The number of nitrogens with zero attached hydrogens (tertiary/aromatic N) is 3. The van der Waals surface area contributed by atoms with E-state index in [-0.39, 0.29) is 28.3 Å². The predicted octanol–water partition coefficient (Wildman–Crippen LogP) is 4.58. The summed E-state index contributed by atoms with van der Waals surface area (Å²) in [4.78, 5) is 12.8. The van der Waals surface area contributed by atoms with Gasteiger partial charge in [0.25, 0.3) is 0 Å². The molecule has 33 heavy (non-hydrogen) atoms. The van der Waals surface area contributed by atoms with Gasteiger partial charge in [-0.05, 0) is 29.8 Å². The highest BCUT2D eigenvalue weighted by Gasteiger charge is 2.45. The standard InChI is InChI=1S/C25H17F3N4O/c1-33-21-7-2-4-16(23(21)28)17-10-14(8-9-19(17)26)25(15-11-30-13-31-12-15)18-5-3-6-20(27)22(18)24(29)32-25/h2-13H,1H3,(H2,29,32). The number of rotatable bonds is 4. The van der Waals surface area contributed by atoms with Gasteiger partial charge in [-0.1, -0.05) is 30.3 Å². The van der Waals surface area contributed by atoms with Crippen molar-refractivity contribution in [3.05, 3.63) is 113 Å². The Morgan fingerprint density at radius 1 is 0.848 bits per heavy atom. The second-order valence-corrected chi connectivity index (χ2v) is 7.51. The van der Waals surface area contributed by atoms with Crippen LogP contribution in [0.4, 0.5) is 13.2 Å². The van der Waals surface area contributed by atoms with Crippen molar-refractivity contribution >= 4 is 5.84 Å². The molecule has 8 heteroatoms. The molecule has 0 fully saturated rings. The summed E-state index contributed by atoms with van der Waals surface area (Å²) in [5.74, 6) is -1.90. The van der Waals surface area contributed by atoms with Gasteiger partial charge in [0.1, 0.15) is 29.3 Å². The third-order valence-corrected chi connectivity index (χ3v) is 5.78. The Bertz CT molecular complexity index is 1410. The second kappa shape index (κ2) is 7.74. The van der Waals surface area contributed by atoms with E-state index in [0.29, 0.717) is 16.7 Å². The number of benzene rings is 3. The number of nitrogens with two attached hydrogens (primary N) is 1. The second-order valence-electron chi connectivity index (χ2n) is 7.51.